The number of carboxylic acid groups (broad SMARTS) is 1. The van der Waals surface area contributed by atoms with Crippen LogP contribution in [0.4, 0.5) is 14.2 Å². The maximum absolute atomic E-state index is 15.1. The van der Waals surface area contributed by atoms with Crippen LogP contribution in [0.1, 0.15) is 26.3 Å². The van der Waals surface area contributed by atoms with Gasteiger partial charge in [0.15, 0.2) is 5.82 Å². The van der Waals surface area contributed by atoms with Crippen LogP contribution < -0.4 is 4.90 Å². The number of piperazine rings is 1. The van der Waals surface area contributed by atoms with Gasteiger partial charge in [0.1, 0.15) is 10.5 Å². The van der Waals surface area contributed by atoms with Gasteiger partial charge in [-0.25, -0.2) is 9.18 Å². The Labute approximate surface area is 162 Å². The molecule has 0 atom stereocenters. The molecule has 0 unspecified atom stereocenters. The van der Waals surface area contributed by atoms with E-state index >= 15 is 4.39 Å². The molecule has 1 aliphatic rings. The van der Waals surface area contributed by atoms with Crippen molar-refractivity contribution in [3.63, 3.8) is 0 Å². The molecule has 1 saturated heterocycles. The summed E-state index contributed by atoms with van der Waals surface area (Å²) in [5.74, 6) is -0.387. The molecule has 2 aromatic rings. The summed E-state index contributed by atoms with van der Waals surface area (Å²) in [4.78, 5) is 14.5. The molecular formula is C16H18BrClFN3O2S. The number of amides is 1. The Bertz CT molecular complexity index is 844. The predicted molar refractivity (Wildman–Crippen MR) is 103 cm³/mol. The van der Waals surface area contributed by atoms with Crippen LogP contribution in [0.15, 0.2) is 4.47 Å². The molecule has 5 nitrogen and oxygen atoms in total. The third-order valence-corrected chi connectivity index (χ3v) is 6.63. The monoisotopic (exact) mass is 449 g/mol. The van der Waals surface area contributed by atoms with Crippen molar-refractivity contribution in [2.45, 2.75) is 26.2 Å². The first kappa shape index (κ1) is 18.7. The number of hydrogen-bond donors (Lipinski definition) is 1. The molecule has 9 heteroatoms. The summed E-state index contributed by atoms with van der Waals surface area (Å²) in [7, 11) is 0. The summed E-state index contributed by atoms with van der Waals surface area (Å²) in [6, 6.07) is 0. The minimum atomic E-state index is -0.918. The van der Waals surface area contributed by atoms with Crippen molar-refractivity contribution >= 4 is 61.1 Å². The van der Waals surface area contributed by atoms with E-state index in [-0.39, 0.29) is 5.82 Å². The SMILES string of the molecule is CC(C)(C)c1c(Cl)c(Br)c2c(N3CCN(C(=O)O)CC3)snc2c1F. The lowest BCUT2D eigenvalue weighted by Crippen LogP contribution is -2.48. The van der Waals surface area contributed by atoms with Crippen LogP contribution in [0, 0.1) is 5.82 Å². The van der Waals surface area contributed by atoms with Crippen LogP contribution >= 0.6 is 39.1 Å². The van der Waals surface area contributed by atoms with Crippen molar-refractivity contribution < 1.29 is 14.3 Å². The molecule has 2 heterocycles. The topological polar surface area (TPSA) is 56.7 Å². The van der Waals surface area contributed by atoms with Gasteiger partial charge in [-0.1, -0.05) is 32.4 Å². The molecule has 0 saturated carbocycles. The van der Waals surface area contributed by atoms with Crippen molar-refractivity contribution in [1.29, 1.82) is 0 Å². The lowest BCUT2D eigenvalue weighted by Gasteiger charge is -2.33. The summed E-state index contributed by atoms with van der Waals surface area (Å²) in [6.07, 6.45) is -0.918. The van der Waals surface area contributed by atoms with Crippen molar-refractivity contribution in [3.05, 3.63) is 20.9 Å². The maximum atomic E-state index is 15.1. The highest BCUT2D eigenvalue weighted by Crippen LogP contribution is 2.46. The fraction of sp³-hybridized carbons (Fsp3) is 0.500. The molecule has 0 aliphatic carbocycles. The fourth-order valence-corrected chi connectivity index (χ4v) is 5.14. The smallest absolute Gasteiger partial charge is 0.407 e. The highest BCUT2D eigenvalue weighted by molar-refractivity contribution is 9.10. The van der Waals surface area contributed by atoms with Crippen LogP contribution in [0.2, 0.25) is 5.02 Å². The zero-order valence-corrected chi connectivity index (χ0v) is 17.2. The van der Waals surface area contributed by atoms with Crippen molar-refractivity contribution in [3.8, 4) is 0 Å². The molecule has 0 spiro atoms. The van der Waals surface area contributed by atoms with Crippen molar-refractivity contribution in [1.82, 2.24) is 9.27 Å². The zero-order valence-electron chi connectivity index (χ0n) is 14.1. The van der Waals surface area contributed by atoms with Gasteiger partial charge in [0.05, 0.1) is 10.4 Å². The number of aromatic nitrogens is 1. The lowest BCUT2D eigenvalue weighted by atomic mass is 9.86. The highest BCUT2D eigenvalue weighted by atomic mass is 79.9. The number of halogens is 3. The number of anilines is 1. The summed E-state index contributed by atoms with van der Waals surface area (Å²) in [6.45, 7) is 7.62. The van der Waals surface area contributed by atoms with Crippen LogP contribution in [-0.4, -0.2) is 46.7 Å². The van der Waals surface area contributed by atoms with E-state index in [1.807, 2.05) is 25.7 Å². The van der Waals surface area contributed by atoms with E-state index < -0.39 is 11.5 Å². The summed E-state index contributed by atoms with van der Waals surface area (Å²) in [5.41, 5.74) is 0.303. The second-order valence-corrected chi connectivity index (χ2v) is 8.96. The van der Waals surface area contributed by atoms with E-state index in [1.165, 1.54) is 16.4 Å². The lowest BCUT2D eigenvalue weighted by molar-refractivity contribution is 0.142. The van der Waals surface area contributed by atoms with Gasteiger partial charge in [0, 0.05) is 36.2 Å². The van der Waals surface area contributed by atoms with Gasteiger partial charge in [0.25, 0.3) is 0 Å². The molecule has 1 aliphatic heterocycles. The molecule has 1 fully saturated rings. The molecule has 1 amide bonds. The number of rotatable bonds is 1. The van der Waals surface area contributed by atoms with Gasteiger partial charge in [0.2, 0.25) is 0 Å². The van der Waals surface area contributed by atoms with Gasteiger partial charge in [-0.2, -0.15) is 4.37 Å². The van der Waals surface area contributed by atoms with E-state index in [1.54, 1.807) is 0 Å². The van der Waals surface area contributed by atoms with Crippen LogP contribution in [0.5, 0.6) is 0 Å². The summed E-state index contributed by atoms with van der Waals surface area (Å²) >= 11 is 11.2. The Morgan fingerprint density at radius 2 is 1.92 bits per heavy atom. The molecule has 0 bridgehead atoms. The molecule has 0 radical (unpaired) electrons. The molecule has 1 N–H and O–H groups in total. The van der Waals surface area contributed by atoms with E-state index in [0.29, 0.717) is 52.1 Å². The van der Waals surface area contributed by atoms with Gasteiger partial charge in [-0.3, -0.25) is 0 Å². The average Bonchev–Trinajstić information content (AvgIpc) is 2.97. The summed E-state index contributed by atoms with van der Waals surface area (Å²) < 4.78 is 20.1. The average molecular weight is 451 g/mol. The molecule has 3 rings (SSSR count). The maximum Gasteiger partial charge on any atom is 0.407 e. The Morgan fingerprint density at radius 1 is 1.32 bits per heavy atom. The second kappa shape index (κ2) is 6.55. The fourth-order valence-electron chi connectivity index (χ4n) is 3.04. The number of benzene rings is 1. The first-order valence-corrected chi connectivity index (χ1v) is 9.76. The first-order valence-electron chi connectivity index (χ1n) is 7.82. The normalized spacial score (nSPS) is 15.9. The standard InChI is InChI=1S/C16H18BrClFN3O2S/c1-16(2,3)9-11(18)10(17)8-13(12(9)19)20-25-14(8)21-4-6-22(7-5-21)15(23)24/h4-7H2,1-3H3,(H,23,24). The number of fused-ring (bicyclic) bond motifs is 1. The van der Waals surface area contributed by atoms with Crippen LogP contribution in [-0.2, 0) is 5.41 Å². The Balaban J connectivity index is 2.07. The summed E-state index contributed by atoms with van der Waals surface area (Å²) in [5, 5.41) is 10.9. The Morgan fingerprint density at radius 3 is 2.44 bits per heavy atom. The second-order valence-electron chi connectivity index (χ2n) is 7.03. The quantitative estimate of drug-likeness (QED) is 0.625. The number of carbonyl (C=O) groups is 1. The van der Waals surface area contributed by atoms with E-state index in [4.69, 9.17) is 16.7 Å². The van der Waals surface area contributed by atoms with Gasteiger partial charge in [-0.05, 0) is 32.9 Å². The molecule has 136 valence electrons. The third-order valence-electron chi connectivity index (χ3n) is 4.32. The Kier molecular flexibility index (Phi) is 4.89. The van der Waals surface area contributed by atoms with Gasteiger partial charge in [-0.15, -0.1) is 0 Å². The first-order chi connectivity index (χ1) is 11.6. The third kappa shape index (κ3) is 3.19. The van der Waals surface area contributed by atoms with E-state index in [9.17, 15) is 4.79 Å². The molecule has 1 aromatic carbocycles. The van der Waals surface area contributed by atoms with Crippen molar-refractivity contribution in [2.75, 3.05) is 31.1 Å². The predicted octanol–water partition coefficient (Wildman–Crippen LogP) is 4.95. The van der Waals surface area contributed by atoms with E-state index in [0.717, 1.165) is 5.00 Å². The minimum absolute atomic E-state index is 0.307. The Hall–Kier alpha value is -1.12. The highest BCUT2D eigenvalue weighted by Gasteiger charge is 2.31. The van der Waals surface area contributed by atoms with Gasteiger partial charge >= 0.3 is 6.09 Å². The number of hydrogen-bond acceptors (Lipinski definition) is 4. The largest absolute Gasteiger partial charge is 0.465 e. The molecule has 1 aromatic heterocycles. The van der Waals surface area contributed by atoms with E-state index in [2.05, 4.69) is 20.3 Å². The molecular weight excluding hydrogens is 433 g/mol. The molecule has 25 heavy (non-hydrogen) atoms. The van der Waals surface area contributed by atoms with Crippen LogP contribution in [0.25, 0.3) is 10.9 Å². The zero-order chi connectivity index (χ0) is 18.5. The van der Waals surface area contributed by atoms with Crippen LogP contribution in [0.3, 0.4) is 0 Å². The number of nitrogens with zero attached hydrogens (tertiary/aromatic N) is 3. The minimum Gasteiger partial charge on any atom is -0.465 e. The van der Waals surface area contributed by atoms with Gasteiger partial charge < -0.3 is 14.9 Å². The van der Waals surface area contributed by atoms with Crippen molar-refractivity contribution in [2.24, 2.45) is 0 Å².